The van der Waals surface area contributed by atoms with Crippen molar-refractivity contribution in [3.8, 4) is 34.0 Å². The fraction of sp³-hybridized carbons (Fsp3) is 0.0800. The molecule has 4 rings (SSSR count). The molecule has 1 aromatic heterocycles. The lowest BCUT2D eigenvalue weighted by atomic mass is 10.1. The van der Waals surface area contributed by atoms with Gasteiger partial charge in [0.15, 0.2) is 11.5 Å². The zero-order valence-electron chi connectivity index (χ0n) is 18.5. The molecule has 0 radical (unpaired) electrons. The van der Waals surface area contributed by atoms with E-state index >= 15 is 0 Å². The van der Waals surface area contributed by atoms with Crippen molar-refractivity contribution in [2.75, 3.05) is 19.6 Å². The Bertz CT molecular complexity index is 1340. The highest BCUT2D eigenvalue weighted by Gasteiger charge is 2.13. The lowest BCUT2D eigenvalue weighted by Crippen LogP contribution is -2.01. The second kappa shape index (κ2) is 10.2. The largest absolute Gasteiger partial charge is 0.493 e. The van der Waals surface area contributed by atoms with E-state index in [-0.39, 0.29) is 11.6 Å². The summed E-state index contributed by atoms with van der Waals surface area (Å²) in [6.45, 7) is 0. The SMILES string of the molecule is COc1ccc(-c2cc(-c3ccccc3)nc(N/N=C\c3ccccc3[N+](=O)[O-])n2)cc1OC. The maximum atomic E-state index is 11.2. The molecular weight excluding hydrogens is 434 g/mol. The molecule has 0 fully saturated rings. The standard InChI is InChI=1S/C25H21N5O4/c1-33-23-13-12-18(14-24(23)34-2)21-15-20(17-8-4-3-5-9-17)27-25(28-21)29-26-16-19-10-6-7-11-22(19)30(31)32/h3-16H,1-2H3,(H,27,28,29)/b26-16-. The summed E-state index contributed by atoms with van der Waals surface area (Å²) in [4.78, 5) is 19.9. The summed E-state index contributed by atoms with van der Waals surface area (Å²) >= 11 is 0. The Hall–Kier alpha value is -4.79. The maximum absolute atomic E-state index is 11.2. The van der Waals surface area contributed by atoms with E-state index in [4.69, 9.17) is 9.47 Å². The second-order valence-electron chi connectivity index (χ2n) is 7.08. The van der Waals surface area contributed by atoms with Crippen LogP contribution in [0.2, 0.25) is 0 Å². The first-order chi connectivity index (χ1) is 16.6. The van der Waals surface area contributed by atoms with Gasteiger partial charge >= 0.3 is 0 Å². The zero-order chi connectivity index (χ0) is 23.9. The molecule has 0 atom stereocenters. The first-order valence-electron chi connectivity index (χ1n) is 10.3. The lowest BCUT2D eigenvalue weighted by Gasteiger charge is -2.11. The van der Waals surface area contributed by atoms with Crippen LogP contribution in [-0.2, 0) is 0 Å². The highest BCUT2D eigenvalue weighted by Crippen LogP contribution is 2.33. The molecule has 0 aliphatic rings. The second-order valence-corrected chi connectivity index (χ2v) is 7.08. The number of hydrogen-bond donors (Lipinski definition) is 1. The molecule has 1 N–H and O–H groups in total. The Morgan fingerprint density at radius 1 is 0.853 bits per heavy atom. The quantitative estimate of drug-likeness (QED) is 0.221. The number of nitrogens with zero attached hydrogens (tertiary/aromatic N) is 4. The minimum absolute atomic E-state index is 0.0435. The highest BCUT2D eigenvalue weighted by molar-refractivity contribution is 5.85. The molecule has 0 spiro atoms. The number of ether oxygens (including phenoxy) is 2. The van der Waals surface area contributed by atoms with Crippen LogP contribution in [0.15, 0.2) is 84.0 Å². The van der Waals surface area contributed by atoms with E-state index in [1.54, 1.807) is 38.5 Å². The van der Waals surface area contributed by atoms with Crippen LogP contribution < -0.4 is 14.9 Å². The molecule has 4 aromatic rings. The van der Waals surface area contributed by atoms with Gasteiger partial charge < -0.3 is 9.47 Å². The van der Waals surface area contributed by atoms with Gasteiger partial charge in [0.2, 0.25) is 5.95 Å². The number of benzene rings is 3. The van der Waals surface area contributed by atoms with Crippen LogP contribution in [0.3, 0.4) is 0 Å². The number of rotatable bonds is 8. The van der Waals surface area contributed by atoms with Gasteiger partial charge in [-0.25, -0.2) is 15.4 Å². The van der Waals surface area contributed by atoms with E-state index in [2.05, 4.69) is 20.5 Å². The van der Waals surface area contributed by atoms with Gasteiger partial charge in [0.05, 0.1) is 42.3 Å². The van der Waals surface area contributed by atoms with Crippen LogP contribution in [0.5, 0.6) is 11.5 Å². The van der Waals surface area contributed by atoms with Crippen molar-refractivity contribution >= 4 is 17.9 Å². The van der Waals surface area contributed by atoms with Crippen molar-refractivity contribution in [1.82, 2.24) is 9.97 Å². The summed E-state index contributed by atoms with van der Waals surface area (Å²) < 4.78 is 10.8. The fourth-order valence-corrected chi connectivity index (χ4v) is 3.32. The van der Waals surface area contributed by atoms with E-state index < -0.39 is 4.92 Å². The van der Waals surface area contributed by atoms with E-state index in [1.165, 1.54) is 12.3 Å². The van der Waals surface area contributed by atoms with Gasteiger partial charge in [0.1, 0.15) is 0 Å². The van der Waals surface area contributed by atoms with Crippen LogP contribution in [-0.4, -0.2) is 35.3 Å². The molecule has 0 saturated heterocycles. The van der Waals surface area contributed by atoms with Gasteiger partial charge in [0.25, 0.3) is 5.69 Å². The molecule has 3 aromatic carbocycles. The summed E-state index contributed by atoms with van der Waals surface area (Å²) in [5, 5.41) is 15.4. The lowest BCUT2D eigenvalue weighted by molar-refractivity contribution is -0.385. The maximum Gasteiger partial charge on any atom is 0.278 e. The summed E-state index contributed by atoms with van der Waals surface area (Å²) in [7, 11) is 3.15. The van der Waals surface area contributed by atoms with Gasteiger partial charge in [0, 0.05) is 17.2 Å². The third-order valence-electron chi connectivity index (χ3n) is 4.98. The predicted molar refractivity (Wildman–Crippen MR) is 130 cm³/mol. The Labute approximate surface area is 195 Å². The molecular formula is C25H21N5O4. The number of methoxy groups -OCH3 is 2. The predicted octanol–water partition coefficient (Wildman–Crippen LogP) is 5.18. The average molecular weight is 455 g/mol. The van der Waals surface area contributed by atoms with Crippen LogP contribution in [0.4, 0.5) is 11.6 Å². The van der Waals surface area contributed by atoms with Crippen LogP contribution >= 0.6 is 0 Å². The van der Waals surface area contributed by atoms with Crippen molar-refractivity contribution < 1.29 is 14.4 Å². The summed E-state index contributed by atoms with van der Waals surface area (Å²) in [6.07, 6.45) is 1.37. The van der Waals surface area contributed by atoms with Gasteiger partial charge in [-0.3, -0.25) is 10.1 Å². The highest BCUT2D eigenvalue weighted by atomic mass is 16.6. The molecule has 0 unspecified atom stereocenters. The van der Waals surface area contributed by atoms with Crippen molar-refractivity contribution in [3.05, 3.63) is 94.5 Å². The van der Waals surface area contributed by atoms with Crippen LogP contribution in [0, 0.1) is 10.1 Å². The number of nitrogens with one attached hydrogen (secondary N) is 1. The van der Waals surface area contributed by atoms with Crippen molar-refractivity contribution in [1.29, 1.82) is 0 Å². The fourth-order valence-electron chi connectivity index (χ4n) is 3.32. The number of nitro benzene ring substituents is 1. The molecule has 0 aliphatic carbocycles. The Morgan fingerprint density at radius 2 is 1.53 bits per heavy atom. The molecule has 170 valence electrons. The molecule has 34 heavy (non-hydrogen) atoms. The average Bonchev–Trinajstić information content (AvgIpc) is 2.88. The first kappa shape index (κ1) is 22.4. The minimum Gasteiger partial charge on any atom is -0.493 e. The molecule has 0 amide bonds. The molecule has 9 heteroatoms. The van der Waals surface area contributed by atoms with E-state index in [0.29, 0.717) is 28.5 Å². The first-order valence-corrected chi connectivity index (χ1v) is 10.3. The summed E-state index contributed by atoms with van der Waals surface area (Å²) in [5.74, 6) is 1.42. The molecule has 9 nitrogen and oxygen atoms in total. The number of aromatic nitrogens is 2. The molecule has 1 heterocycles. The Kier molecular flexibility index (Phi) is 6.73. The molecule has 0 bridgehead atoms. The zero-order valence-corrected chi connectivity index (χ0v) is 18.5. The van der Waals surface area contributed by atoms with Crippen LogP contribution in [0.25, 0.3) is 22.5 Å². The van der Waals surface area contributed by atoms with Crippen molar-refractivity contribution in [2.45, 2.75) is 0 Å². The Balaban J connectivity index is 1.72. The normalized spacial score (nSPS) is 10.8. The topological polar surface area (TPSA) is 112 Å². The van der Waals surface area contributed by atoms with Crippen LogP contribution in [0.1, 0.15) is 5.56 Å². The monoisotopic (exact) mass is 455 g/mol. The van der Waals surface area contributed by atoms with Gasteiger partial charge in [-0.15, -0.1) is 0 Å². The van der Waals surface area contributed by atoms with Crippen molar-refractivity contribution in [3.63, 3.8) is 0 Å². The smallest absolute Gasteiger partial charge is 0.278 e. The minimum atomic E-state index is -0.455. The third kappa shape index (κ3) is 4.99. The van der Waals surface area contributed by atoms with Gasteiger partial charge in [-0.2, -0.15) is 5.10 Å². The van der Waals surface area contributed by atoms with Gasteiger partial charge in [-0.05, 0) is 30.3 Å². The summed E-state index contributed by atoms with van der Waals surface area (Å²) in [5.41, 5.74) is 6.13. The number of nitro groups is 1. The number of anilines is 1. The number of hydrogen-bond acceptors (Lipinski definition) is 8. The third-order valence-corrected chi connectivity index (χ3v) is 4.98. The molecule has 0 saturated carbocycles. The van der Waals surface area contributed by atoms with E-state index in [9.17, 15) is 10.1 Å². The van der Waals surface area contributed by atoms with Gasteiger partial charge in [-0.1, -0.05) is 42.5 Å². The summed E-state index contributed by atoms with van der Waals surface area (Å²) in [6, 6.07) is 23.4. The molecule has 0 aliphatic heterocycles. The number of para-hydroxylation sites is 1. The van der Waals surface area contributed by atoms with E-state index in [1.807, 2.05) is 48.5 Å². The van der Waals surface area contributed by atoms with E-state index in [0.717, 1.165) is 11.1 Å². The van der Waals surface area contributed by atoms with Crippen molar-refractivity contribution in [2.24, 2.45) is 5.10 Å². The Morgan fingerprint density at radius 3 is 2.24 bits per heavy atom. The number of hydrazone groups is 1.